The van der Waals surface area contributed by atoms with Crippen LogP contribution in [-0.4, -0.2) is 57.1 Å². The summed E-state index contributed by atoms with van der Waals surface area (Å²) in [6.45, 7) is 4.16. The van der Waals surface area contributed by atoms with Gasteiger partial charge in [0.25, 0.3) is 0 Å². The number of hydrogen-bond donors (Lipinski definition) is 2. The van der Waals surface area contributed by atoms with Crippen LogP contribution in [0.15, 0.2) is 29.3 Å². The molecule has 0 aromatic heterocycles. The van der Waals surface area contributed by atoms with Crippen molar-refractivity contribution in [2.75, 3.05) is 45.2 Å². The second-order valence-electron chi connectivity index (χ2n) is 6.17. The molecule has 1 fully saturated rings. The zero-order valence-electron chi connectivity index (χ0n) is 14.8. The third-order valence-corrected chi connectivity index (χ3v) is 4.21. The molecule has 0 atom stereocenters. The number of likely N-dealkylation sites (tertiary alicyclic amines) is 1. The van der Waals surface area contributed by atoms with Crippen molar-refractivity contribution in [3.63, 3.8) is 0 Å². The first-order chi connectivity index (χ1) is 12.4. The fraction of sp³-hybridized carbons (Fsp3) is 0.588. The Morgan fingerprint density at radius 2 is 2.00 bits per heavy atom. The van der Waals surface area contributed by atoms with Gasteiger partial charge in [-0.25, -0.2) is 0 Å². The fourth-order valence-electron chi connectivity index (χ4n) is 2.80. The molecule has 0 spiro atoms. The standard InChI is InChI=1S/C17H25F3N4O2/c1-25-11-10-24-8-6-13(7-9-24)12-22-16(21)23-14-4-2-3-5-15(14)26-17(18,19)20/h2-5,13H,6-12H2,1H3,(H3,21,22,23). The van der Waals surface area contributed by atoms with Crippen molar-refractivity contribution in [2.45, 2.75) is 19.2 Å². The molecule has 0 amide bonds. The highest BCUT2D eigenvalue weighted by Gasteiger charge is 2.32. The van der Waals surface area contributed by atoms with Crippen molar-refractivity contribution in [3.05, 3.63) is 24.3 Å². The van der Waals surface area contributed by atoms with E-state index >= 15 is 0 Å². The number of nitrogens with one attached hydrogen (secondary N) is 1. The van der Waals surface area contributed by atoms with Gasteiger partial charge < -0.3 is 25.4 Å². The molecule has 1 aromatic rings. The number of aliphatic imine (C=N–C) groups is 1. The van der Waals surface area contributed by atoms with Gasteiger partial charge in [-0.2, -0.15) is 0 Å². The van der Waals surface area contributed by atoms with Gasteiger partial charge in [-0.05, 0) is 44.0 Å². The number of guanidine groups is 1. The molecule has 26 heavy (non-hydrogen) atoms. The Balaban J connectivity index is 1.84. The number of rotatable bonds is 7. The molecule has 1 heterocycles. The van der Waals surface area contributed by atoms with Gasteiger partial charge in [-0.1, -0.05) is 12.1 Å². The number of nitrogens with two attached hydrogens (primary N) is 1. The Hall–Kier alpha value is -2.00. The van der Waals surface area contributed by atoms with Crippen molar-refractivity contribution in [1.29, 1.82) is 0 Å². The minimum absolute atomic E-state index is 0.0741. The summed E-state index contributed by atoms with van der Waals surface area (Å²) < 4.78 is 46.4. The maximum atomic E-state index is 12.4. The molecule has 2 rings (SSSR count). The Morgan fingerprint density at radius 3 is 2.65 bits per heavy atom. The number of alkyl halides is 3. The van der Waals surface area contributed by atoms with Crippen molar-refractivity contribution in [2.24, 2.45) is 16.6 Å². The molecule has 1 aliphatic heterocycles. The molecular formula is C17H25F3N4O2. The van der Waals surface area contributed by atoms with Gasteiger partial charge in [-0.3, -0.25) is 4.99 Å². The van der Waals surface area contributed by atoms with Gasteiger partial charge in [0, 0.05) is 20.2 Å². The van der Waals surface area contributed by atoms with E-state index in [-0.39, 0.29) is 17.4 Å². The monoisotopic (exact) mass is 374 g/mol. The highest BCUT2D eigenvalue weighted by molar-refractivity contribution is 5.93. The summed E-state index contributed by atoms with van der Waals surface area (Å²) in [5, 5.41) is 2.69. The topological polar surface area (TPSA) is 72.1 Å². The van der Waals surface area contributed by atoms with Gasteiger partial charge in [0.15, 0.2) is 11.7 Å². The molecule has 1 saturated heterocycles. The second-order valence-corrected chi connectivity index (χ2v) is 6.17. The number of ether oxygens (including phenoxy) is 2. The lowest BCUT2D eigenvalue weighted by molar-refractivity contribution is -0.274. The molecular weight excluding hydrogens is 349 g/mol. The van der Waals surface area contributed by atoms with Crippen LogP contribution in [0.5, 0.6) is 5.75 Å². The van der Waals surface area contributed by atoms with Crippen LogP contribution in [0.25, 0.3) is 0 Å². The van der Waals surface area contributed by atoms with Crippen LogP contribution in [0.4, 0.5) is 18.9 Å². The first-order valence-electron chi connectivity index (χ1n) is 8.50. The van der Waals surface area contributed by atoms with Crippen molar-refractivity contribution >= 4 is 11.6 Å². The highest BCUT2D eigenvalue weighted by Crippen LogP contribution is 2.29. The third-order valence-electron chi connectivity index (χ3n) is 4.21. The summed E-state index contributed by atoms with van der Waals surface area (Å²) in [4.78, 5) is 6.61. The van der Waals surface area contributed by atoms with E-state index in [0.29, 0.717) is 12.5 Å². The molecule has 0 unspecified atom stereocenters. The van der Waals surface area contributed by atoms with Crippen LogP contribution in [-0.2, 0) is 4.74 Å². The summed E-state index contributed by atoms with van der Waals surface area (Å²) >= 11 is 0. The van der Waals surface area contributed by atoms with Crippen LogP contribution in [0.2, 0.25) is 0 Å². The summed E-state index contributed by atoms with van der Waals surface area (Å²) in [6.07, 6.45) is -2.75. The van der Waals surface area contributed by atoms with Crippen LogP contribution in [0.1, 0.15) is 12.8 Å². The quantitative estimate of drug-likeness (QED) is 0.567. The molecule has 6 nitrogen and oxygen atoms in total. The number of para-hydroxylation sites is 2. The van der Waals surface area contributed by atoms with Crippen LogP contribution in [0.3, 0.4) is 0 Å². The van der Waals surface area contributed by atoms with E-state index in [0.717, 1.165) is 39.1 Å². The molecule has 0 saturated carbocycles. The number of hydrogen-bond acceptors (Lipinski definition) is 4. The SMILES string of the molecule is COCCN1CCC(CN=C(N)Nc2ccccc2OC(F)(F)F)CC1. The van der Waals surface area contributed by atoms with E-state index in [1.807, 2.05) is 0 Å². The summed E-state index contributed by atoms with van der Waals surface area (Å²) in [7, 11) is 1.69. The predicted octanol–water partition coefficient (Wildman–Crippen LogP) is 2.67. The molecule has 1 aromatic carbocycles. The third kappa shape index (κ3) is 7.09. The largest absolute Gasteiger partial charge is 0.573 e. The van der Waals surface area contributed by atoms with E-state index < -0.39 is 6.36 Å². The Morgan fingerprint density at radius 1 is 1.31 bits per heavy atom. The van der Waals surface area contributed by atoms with Gasteiger partial charge in [0.05, 0.1) is 12.3 Å². The number of anilines is 1. The van der Waals surface area contributed by atoms with Crippen LogP contribution in [0, 0.1) is 5.92 Å². The minimum atomic E-state index is -4.76. The number of nitrogens with zero attached hydrogens (tertiary/aromatic N) is 2. The maximum absolute atomic E-state index is 12.4. The number of methoxy groups -OCH3 is 1. The zero-order valence-corrected chi connectivity index (χ0v) is 14.8. The lowest BCUT2D eigenvalue weighted by Crippen LogP contribution is -2.37. The molecule has 9 heteroatoms. The van der Waals surface area contributed by atoms with Gasteiger partial charge in [0.1, 0.15) is 0 Å². The van der Waals surface area contributed by atoms with E-state index in [4.69, 9.17) is 10.5 Å². The van der Waals surface area contributed by atoms with Gasteiger partial charge in [-0.15, -0.1) is 13.2 Å². The fourth-order valence-corrected chi connectivity index (χ4v) is 2.80. The number of benzene rings is 1. The lowest BCUT2D eigenvalue weighted by Gasteiger charge is -2.31. The first-order valence-corrected chi connectivity index (χ1v) is 8.50. The Bertz CT molecular complexity index is 588. The van der Waals surface area contributed by atoms with E-state index in [1.54, 1.807) is 13.2 Å². The summed E-state index contributed by atoms with van der Waals surface area (Å²) in [5.74, 6) is 0.144. The molecule has 0 aliphatic carbocycles. The van der Waals surface area contributed by atoms with Crippen molar-refractivity contribution in [3.8, 4) is 5.75 Å². The highest BCUT2D eigenvalue weighted by atomic mass is 19.4. The number of halogens is 3. The van der Waals surface area contributed by atoms with E-state index in [1.165, 1.54) is 18.2 Å². The number of piperidine rings is 1. The molecule has 1 aliphatic rings. The van der Waals surface area contributed by atoms with Gasteiger partial charge >= 0.3 is 6.36 Å². The van der Waals surface area contributed by atoms with Crippen LogP contribution < -0.4 is 15.8 Å². The maximum Gasteiger partial charge on any atom is 0.573 e. The van der Waals surface area contributed by atoms with Crippen LogP contribution >= 0.6 is 0 Å². The van der Waals surface area contributed by atoms with E-state index in [9.17, 15) is 13.2 Å². The average Bonchev–Trinajstić information content (AvgIpc) is 2.59. The lowest BCUT2D eigenvalue weighted by atomic mass is 9.97. The normalized spacial score (nSPS) is 17.3. The molecule has 0 radical (unpaired) electrons. The Kier molecular flexibility index (Phi) is 7.52. The van der Waals surface area contributed by atoms with E-state index in [2.05, 4.69) is 19.9 Å². The predicted molar refractivity (Wildman–Crippen MR) is 94.3 cm³/mol. The van der Waals surface area contributed by atoms with Crippen molar-refractivity contribution in [1.82, 2.24) is 4.90 Å². The minimum Gasteiger partial charge on any atom is -0.404 e. The van der Waals surface area contributed by atoms with Crippen molar-refractivity contribution < 1.29 is 22.6 Å². The smallest absolute Gasteiger partial charge is 0.404 e. The second kappa shape index (κ2) is 9.63. The summed E-state index contributed by atoms with van der Waals surface area (Å²) in [6, 6.07) is 5.72. The molecule has 146 valence electrons. The molecule has 3 N–H and O–H groups in total. The average molecular weight is 374 g/mol. The zero-order chi connectivity index (χ0) is 19.0. The Labute approximate surface area is 151 Å². The molecule has 0 bridgehead atoms. The summed E-state index contributed by atoms with van der Waals surface area (Å²) in [5.41, 5.74) is 5.95. The first kappa shape index (κ1) is 20.3. The van der Waals surface area contributed by atoms with Gasteiger partial charge in [0.2, 0.25) is 0 Å².